The summed E-state index contributed by atoms with van der Waals surface area (Å²) in [6.45, 7) is 1.39. The molecule has 0 N–H and O–H groups in total. The average Bonchev–Trinajstić information content (AvgIpc) is 2.41. The summed E-state index contributed by atoms with van der Waals surface area (Å²) in [4.78, 5) is 23.4. The van der Waals surface area contributed by atoms with Crippen molar-refractivity contribution in [3.05, 3.63) is 52.3 Å². The highest BCUT2D eigenvalue weighted by Gasteiger charge is 2.10. The first-order valence-corrected chi connectivity index (χ1v) is 5.90. The quantitative estimate of drug-likeness (QED) is 0.792. The summed E-state index contributed by atoms with van der Waals surface area (Å²) >= 11 is 0. The van der Waals surface area contributed by atoms with E-state index >= 15 is 0 Å². The van der Waals surface area contributed by atoms with Crippen molar-refractivity contribution in [3.8, 4) is 17.0 Å². The molecule has 4 nitrogen and oxygen atoms in total. The second-order valence-electron chi connectivity index (χ2n) is 4.28. The summed E-state index contributed by atoms with van der Waals surface area (Å²) in [5, 5.41) is 0. The van der Waals surface area contributed by atoms with Crippen LogP contribution in [0, 0.1) is 0 Å². The molecule has 19 heavy (non-hydrogen) atoms. The first-order valence-electron chi connectivity index (χ1n) is 5.90. The van der Waals surface area contributed by atoms with Crippen molar-refractivity contribution in [1.82, 2.24) is 4.57 Å². The van der Waals surface area contributed by atoms with Crippen LogP contribution in [0.15, 0.2) is 41.2 Å². The number of ketones is 1. The van der Waals surface area contributed by atoms with Crippen LogP contribution in [0.2, 0.25) is 0 Å². The summed E-state index contributed by atoms with van der Waals surface area (Å²) in [5.74, 6) is 0.538. The van der Waals surface area contributed by atoms with Crippen LogP contribution in [0.25, 0.3) is 11.3 Å². The summed E-state index contributed by atoms with van der Waals surface area (Å²) < 4.78 is 6.58. The summed E-state index contributed by atoms with van der Waals surface area (Å²) in [7, 11) is 3.26. The molecule has 0 radical (unpaired) electrons. The van der Waals surface area contributed by atoms with Crippen LogP contribution in [-0.2, 0) is 7.05 Å². The number of hydrogen-bond donors (Lipinski definition) is 0. The van der Waals surface area contributed by atoms with Crippen molar-refractivity contribution >= 4 is 5.78 Å². The van der Waals surface area contributed by atoms with Gasteiger partial charge in [-0.05, 0) is 48.9 Å². The highest BCUT2D eigenvalue weighted by atomic mass is 16.5. The zero-order chi connectivity index (χ0) is 14.0. The Balaban J connectivity index is 2.54. The topological polar surface area (TPSA) is 48.3 Å². The van der Waals surface area contributed by atoms with Gasteiger partial charge in [-0.2, -0.15) is 0 Å². The van der Waals surface area contributed by atoms with Crippen molar-refractivity contribution in [2.45, 2.75) is 6.92 Å². The number of carbonyl (C=O) groups is 1. The molecule has 0 spiro atoms. The smallest absolute Gasteiger partial charge is 0.261 e. The van der Waals surface area contributed by atoms with E-state index in [4.69, 9.17) is 4.74 Å². The third kappa shape index (κ3) is 2.42. The second-order valence-corrected chi connectivity index (χ2v) is 4.28. The number of Topliss-reactive ketones (excluding diaryl/α,β-unsaturated/α-hetero) is 1. The van der Waals surface area contributed by atoms with Crippen LogP contribution in [-0.4, -0.2) is 17.5 Å². The number of carbonyl (C=O) groups excluding carboxylic acids is 1. The predicted molar refractivity (Wildman–Crippen MR) is 73.7 cm³/mol. The van der Waals surface area contributed by atoms with Crippen LogP contribution < -0.4 is 10.3 Å². The van der Waals surface area contributed by atoms with Crippen molar-refractivity contribution < 1.29 is 9.53 Å². The molecule has 98 valence electrons. The van der Waals surface area contributed by atoms with E-state index in [-0.39, 0.29) is 16.9 Å². The maximum Gasteiger partial charge on any atom is 0.261 e. The lowest BCUT2D eigenvalue weighted by Gasteiger charge is -2.10. The Morgan fingerprint density at radius 2 is 1.74 bits per heavy atom. The van der Waals surface area contributed by atoms with E-state index in [0.29, 0.717) is 0 Å². The highest BCUT2D eigenvalue weighted by molar-refractivity contribution is 5.93. The van der Waals surface area contributed by atoms with Gasteiger partial charge in [0.25, 0.3) is 5.56 Å². The number of hydrogen-bond acceptors (Lipinski definition) is 3. The molecule has 0 aliphatic carbocycles. The van der Waals surface area contributed by atoms with Gasteiger partial charge in [-0.25, -0.2) is 0 Å². The molecule has 0 atom stereocenters. The van der Waals surface area contributed by atoms with Crippen LogP contribution in [0.5, 0.6) is 5.75 Å². The molecule has 0 bridgehead atoms. The lowest BCUT2D eigenvalue weighted by molar-refractivity contribution is 0.101. The fourth-order valence-electron chi connectivity index (χ4n) is 1.96. The Morgan fingerprint density at radius 1 is 1.11 bits per heavy atom. The molecule has 2 aromatic rings. The Bertz CT molecular complexity index is 669. The molecule has 0 fully saturated rings. The maximum atomic E-state index is 12.0. The summed E-state index contributed by atoms with van der Waals surface area (Å²) in [6, 6.07) is 10.8. The van der Waals surface area contributed by atoms with Gasteiger partial charge in [0.15, 0.2) is 5.78 Å². The molecule has 0 unspecified atom stereocenters. The van der Waals surface area contributed by atoms with E-state index in [1.165, 1.54) is 11.5 Å². The lowest BCUT2D eigenvalue weighted by Crippen LogP contribution is -2.24. The Hall–Kier alpha value is -2.36. The Morgan fingerprint density at radius 3 is 2.26 bits per heavy atom. The molecular weight excluding hydrogens is 242 g/mol. The monoisotopic (exact) mass is 257 g/mol. The summed E-state index contributed by atoms with van der Waals surface area (Å²) in [5.41, 5.74) is 1.59. The number of rotatable bonds is 3. The molecule has 1 aromatic carbocycles. The van der Waals surface area contributed by atoms with Gasteiger partial charge < -0.3 is 9.30 Å². The molecule has 0 aliphatic rings. The van der Waals surface area contributed by atoms with Crippen LogP contribution in [0.3, 0.4) is 0 Å². The summed E-state index contributed by atoms with van der Waals surface area (Å²) in [6.07, 6.45) is 0. The fraction of sp³-hybridized carbons (Fsp3) is 0.200. The van der Waals surface area contributed by atoms with Crippen LogP contribution in [0.1, 0.15) is 17.3 Å². The minimum absolute atomic E-state index is 0.208. The van der Waals surface area contributed by atoms with Gasteiger partial charge in [-0.1, -0.05) is 0 Å². The van der Waals surface area contributed by atoms with Gasteiger partial charge in [-0.15, -0.1) is 0 Å². The molecule has 0 amide bonds. The highest BCUT2D eigenvalue weighted by Crippen LogP contribution is 2.21. The van der Waals surface area contributed by atoms with Crippen molar-refractivity contribution in [3.63, 3.8) is 0 Å². The lowest BCUT2D eigenvalue weighted by atomic mass is 10.1. The van der Waals surface area contributed by atoms with E-state index in [1.54, 1.807) is 26.3 Å². The predicted octanol–water partition coefficient (Wildman–Crippen LogP) is 2.26. The van der Waals surface area contributed by atoms with Gasteiger partial charge in [-0.3, -0.25) is 9.59 Å². The molecule has 0 aliphatic heterocycles. The zero-order valence-corrected chi connectivity index (χ0v) is 11.1. The van der Waals surface area contributed by atoms with Gasteiger partial charge in [0.1, 0.15) is 5.75 Å². The van der Waals surface area contributed by atoms with Crippen molar-refractivity contribution in [1.29, 1.82) is 0 Å². The van der Waals surface area contributed by atoms with Gasteiger partial charge >= 0.3 is 0 Å². The maximum absolute atomic E-state index is 12.0. The van der Waals surface area contributed by atoms with Gasteiger partial charge in [0.05, 0.1) is 18.4 Å². The van der Waals surface area contributed by atoms with Crippen molar-refractivity contribution in [2.75, 3.05) is 7.11 Å². The number of nitrogens with zero attached hydrogens (tertiary/aromatic N) is 1. The third-order valence-corrected chi connectivity index (χ3v) is 3.07. The van der Waals surface area contributed by atoms with E-state index in [1.807, 2.05) is 24.3 Å². The Labute approximate surface area is 111 Å². The Kier molecular flexibility index (Phi) is 3.51. The molecule has 1 heterocycles. The van der Waals surface area contributed by atoms with Crippen LogP contribution in [0.4, 0.5) is 0 Å². The minimum atomic E-state index is -0.277. The molecule has 0 saturated carbocycles. The molecular formula is C15H15NO3. The normalized spacial score (nSPS) is 10.3. The van der Waals surface area contributed by atoms with Crippen molar-refractivity contribution in [2.24, 2.45) is 7.05 Å². The zero-order valence-electron chi connectivity index (χ0n) is 11.1. The van der Waals surface area contributed by atoms with E-state index in [0.717, 1.165) is 17.0 Å². The number of ether oxygens (including phenoxy) is 1. The standard InChI is InChI=1S/C15H15NO3/c1-10(17)13-8-9-14(16(2)15(13)18)11-4-6-12(19-3)7-5-11/h4-9H,1-3H3. The molecule has 1 aromatic heterocycles. The fourth-order valence-corrected chi connectivity index (χ4v) is 1.96. The SMILES string of the molecule is COc1ccc(-c2ccc(C(C)=O)c(=O)n2C)cc1. The number of benzene rings is 1. The van der Waals surface area contributed by atoms with Crippen LogP contribution >= 0.6 is 0 Å². The van der Waals surface area contributed by atoms with Gasteiger partial charge in [0.2, 0.25) is 0 Å². The largest absolute Gasteiger partial charge is 0.497 e. The number of pyridine rings is 1. The van der Waals surface area contributed by atoms with E-state index in [9.17, 15) is 9.59 Å². The first-order chi connectivity index (χ1) is 9.04. The molecule has 4 heteroatoms. The third-order valence-electron chi connectivity index (χ3n) is 3.07. The minimum Gasteiger partial charge on any atom is -0.497 e. The average molecular weight is 257 g/mol. The first kappa shape index (κ1) is 13.1. The number of aromatic nitrogens is 1. The van der Waals surface area contributed by atoms with E-state index < -0.39 is 0 Å². The second kappa shape index (κ2) is 5.10. The van der Waals surface area contributed by atoms with E-state index in [2.05, 4.69) is 0 Å². The molecule has 2 rings (SSSR count). The number of methoxy groups -OCH3 is 1. The molecule has 0 saturated heterocycles. The van der Waals surface area contributed by atoms with Gasteiger partial charge in [0, 0.05) is 7.05 Å².